The van der Waals surface area contributed by atoms with Crippen LogP contribution in [0.3, 0.4) is 0 Å². The Morgan fingerprint density at radius 2 is 1.59 bits per heavy atom. The first-order chi connectivity index (χ1) is 10.1. The van der Waals surface area contributed by atoms with Crippen molar-refractivity contribution in [2.24, 2.45) is 0 Å². The summed E-state index contributed by atoms with van der Waals surface area (Å²) in [7, 11) is -3.56. The smallest absolute Gasteiger partial charge is 0.241 e. The maximum absolute atomic E-state index is 12.2. The molecule has 0 aromatic heterocycles. The average Bonchev–Trinajstić information content (AvgIpc) is 2.35. The molecule has 0 spiro atoms. The molecule has 0 saturated heterocycles. The molecule has 0 bridgehead atoms. The Balaban J connectivity index is 2.35. The molecule has 2 rings (SSSR count). The minimum atomic E-state index is -3.56. The Hall–Kier alpha value is -1.56. The second kappa shape index (κ2) is 5.91. The largest absolute Gasteiger partial charge is 0.508 e. The number of rotatable bonds is 3. The highest BCUT2D eigenvalue weighted by atomic mass is 35.5. The average molecular weight is 340 g/mol. The molecule has 0 amide bonds. The lowest BCUT2D eigenvalue weighted by atomic mass is 10.1. The Morgan fingerprint density at radius 1 is 1.00 bits per heavy atom. The zero-order valence-electron chi connectivity index (χ0n) is 12.6. The van der Waals surface area contributed by atoms with E-state index in [1.807, 2.05) is 0 Å². The van der Waals surface area contributed by atoms with Gasteiger partial charge in [-0.3, -0.25) is 0 Å². The molecule has 0 fully saturated rings. The van der Waals surface area contributed by atoms with Gasteiger partial charge < -0.3 is 5.11 Å². The Labute approximate surface area is 135 Å². The Kier molecular flexibility index (Phi) is 4.52. The molecule has 2 aromatic rings. The van der Waals surface area contributed by atoms with Crippen molar-refractivity contribution in [1.29, 1.82) is 0 Å². The van der Waals surface area contributed by atoms with E-state index in [4.69, 9.17) is 11.6 Å². The molecular formula is C16H18ClNO3S. The SMILES string of the molecule is CC(C)(C)NS(=O)(=O)c1ccc(-c2cc(O)cc(Cl)c2)cc1. The van der Waals surface area contributed by atoms with Gasteiger partial charge in [-0.15, -0.1) is 0 Å². The molecule has 22 heavy (non-hydrogen) atoms. The summed E-state index contributed by atoms with van der Waals surface area (Å²) in [6, 6.07) is 11.1. The molecular weight excluding hydrogens is 322 g/mol. The van der Waals surface area contributed by atoms with Gasteiger partial charge in [0.15, 0.2) is 0 Å². The summed E-state index contributed by atoms with van der Waals surface area (Å²) in [5, 5.41) is 9.99. The first kappa shape index (κ1) is 16.8. The summed E-state index contributed by atoms with van der Waals surface area (Å²) in [6.07, 6.45) is 0. The second-order valence-corrected chi connectivity index (χ2v) is 8.20. The lowest BCUT2D eigenvalue weighted by molar-refractivity contribution is 0.475. The van der Waals surface area contributed by atoms with E-state index in [-0.39, 0.29) is 10.6 Å². The van der Waals surface area contributed by atoms with Gasteiger partial charge in [-0.2, -0.15) is 0 Å². The zero-order chi connectivity index (χ0) is 16.5. The van der Waals surface area contributed by atoms with Crippen molar-refractivity contribution in [3.05, 3.63) is 47.5 Å². The lowest BCUT2D eigenvalue weighted by Gasteiger charge is -2.20. The standard InChI is InChI=1S/C16H18ClNO3S/c1-16(2,3)18-22(20,21)15-6-4-11(5-7-15)12-8-13(17)10-14(19)9-12/h4-10,18-19H,1-3H3. The quantitative estimate of drug-likeness (QED) is 0.894. The van der Waals surface area contributed by atoms with Gasteiger partial charge in [0.1, 0.15) is 5.75 Å². The number of hydrogen-bond acceptors (Lipinski definition) is 3. The highest BCUT2D eigenvalue weighted by Gasteiger charge is 2.21. The van der Waals surface area contributed by atoms with Crippen LogP contribution in [0.2, 0.25) is 5.02 Å². The van der Waals surface area contributed by atoms with Crippen LogP contribution < -0.4 is 4.72 Å². The van der Waals surface area contributed by atoms with E-state index >= 15 is 0 Å². The van der Waals surface area contributed by atoms with Gasteiger partial charge in [-0.1, -0.05) is 23.7 Å². The number of benzene rings is 2. The van der Waals surface area contributed by atoms with Gasteiger partial charge >= 0.3 is 0 Å². The molecule has 0 aliphatic heterocycles. The summed E-state index contributed by atoms with van der Waals surface area (Å²) in [5.74, 6) is 0.0635. The summed E-state index contributed by atoms with van der Waals surface area (Å²) in [4.78, 5) is 0.192. The third-order valence-corrected chi connectivity index (χ3v) is 4.81. The summed E-state index contributed by atoms with van der Waals surface area (Å²) in [6.45, 7) is 5.36. The molecule has 6 heteroatoms. The van der Waals surface area contributed by atoms with Gasteiger partial charge in [0.05, 0.1) is 4.90 Å². The van der Waals surface area contributed by atoms with Crippen LogP contribution in [-0.4, -0.2) is 19.1 Å². The van der Waals surface area contributed by atoms with E-state index in [9.17, 15) is 13.5 Å². The van der Waals surface area contributed by atoms with E-state index in [2.05, 4.69) is 4.72 Å². The van der Waals surface area contributed by atoms with Crippen LogP contribution in [0.25, 0.3) is 11.1 Å². The maximum Gasteiger partial charge on any atom is 0.241 e. The number of hydrogen-bond donors (Lipinski definition) is 2. The number of nitrogens with one attached hydrogen (secondary N) is 1. The first-order valence-electron chi connectivity index (χ1n) is 6.71. The minimum absolute atomic E-state index is 0.0635. The van der Waals surface area contributed by atoms with E-state index in [1.165, 1.54) is 18.2 Å². The minimum Gasteiger partial charge on any atom is -0.508 e. The van der Waals surface area contributed by atoms with Crippen LogP contribution >= 0.6 is 11.6 Å². The van der Waals surface area contributed by atoms with E-state index < -0.39 is 15.6 Å². The Morgan fingerprint density at radius 3 is 2.09 bits per heavy atom. The third-order valence-electron chi connectivity index (χ3n) is 2.82. The topological polar surface area (TPSA) is 66.4 Å². The monoisotopic (exact) mass is 339 g/mol. The van der Waals surface area contributed by atoms with Crippen LogP contribution in [0, 0.1) is 0 Å². The molecule has 0 heterocycles. The van der Waals surface area contributed by atoms with E-state index in [1.54, 1.807) is 45.0 Å². The summed E-state index contributed by atoms with van der Waals surface area (Å²) in [5.41, 5.74) is 0.946. The molecule has 118 valence electrons. The molecule has 2 N–H and O–H groups in total. The predicted octanol–water partition coefficient (Wildman–Crippen LogP) is 3.79. The van der Waals surface area contributed by atoms with Crippen molar-refractivity contribution in [2.45, 2.75) is 31.2 Å². The molecule has 2 aromatic carbocycles. The number of halogens is 1. The molecule has 0 unspecified atom stereocenters. The molecule has 4 nitrogen and oxygen atoms in total. The lowest BCUT2D eigenvalue weighted by Crippen LogP contribution is -2.40. The predicted molar refractivity (Wildman–Crippen MR) is 88.6 cm³/mol. The van der Waals surface area contributed by atoms with Gasteiger partial charge in [0.2, 0.25) is 10.0 Å². The fraction of sp³-hybridized carbons (Fsp3) is 0.250. The summed E-state index contributed by atoms with van der Waals surface area (Å²) >= 11 is 5.91. The number of aromatic hydroxyl groups is 1. The molecule has 0 atom stereocenters. The number of phenols is 1. The molecule has 0 radical (unpaired) electrons. The highest BCUT2D eigenvalue weighted by Crippen LogP contribution is 2.28. The normalized spacial score (nSPS) is 12.4. The fourth-order valence-electron chi connectivity index (χ4n) is 2.03. The molecule has 0 aliphatic rings. The molecule has 0 saturated carbocycles. The number of sulfonamides is 1. The van der Waals surface area contributed by atoms with E-state index in [0.717, 1.165) is 11.1 Å². The van der Waals surface area contributed by atoms with Crippen LogP contribution in [0.5, 0.6) is 5.75 Å². The van der Waals surface area contributed by atoms with Crippen molar-refractivity contribution in [3.8, 4) is 16.9 Å². The second-order valence-electron chi connectivity index (χ2n) is 6.08. The zero-order valence-corrected chi connectivity index (χ0v) is 14.2. The van der Waals surface area contributed by atoms with Crippen molar-refractivity contribution in [3.63, 3.8) is 0 Å². The van der Waals surface area contributed by atoms with Crippen molar-refractivity contribution >= 4 is 21.6 Å². The Bertz CT molecular complexity index is 758. The highest BCUT2D eigenvalue weighted by molar-refractivity contribution is 7.89. The van der Waals surface area contributed by atoms with Crippen molar-refractivity contribution in [1.82, 2.24) is 4.72 Å². The van der Waals surface area contributed by atoms with Gasteiger partial charge in [-0.05, 0) is 62.2 Å². The van der Waals surface area contributed by atoms with E-state index in [0.29, 0.717) is 5.02 Å². The number of phenolic OH excluding ortho intramolecular Hbond substituents is 1. The first-order valence-corrected chi connectivity index (χ1v) is 8.57. The summed E-state index contributed by atoms with van der Waals surface area (Å²) < 4.78 is 27.1. The van der Waals surface area contributed by atoms with Crippen LogP contribution in [0.4, 0.5) is 0 Å². The van der Waals surface area contributed by atoms with Gasteiger partial charge in [0.25, 0.3) is 0 Å². The van der Waals surface area contributed by atoms with Crippen LogP contribution in [0.1, 0.15) is 20.8 Å². The van der Waals surface area contributed by atoms with Crippen molar-refractivity contribution < 1.29 is 13.5 Å². The van der Waals surface area contributed by atoms with Crippen molar-refractivity contribution in [2.75, 3.05) is 0 Å². The maximum atomic E-state index is 12.2. The molecule has 0 aliphatic carbocycles. The third kappa shape index (κ3) is 4.22. The van der Waals surface area contributed by atoms with Gasteiger partial charge in [0, 0.05) is 10.6 Å². The van der Waals surface area contributed by atoms with Crippen LogP contribution in [-0.2, 0) is 10.0 Å². The van der Waals surface area contributed by atoms with Crippen LogP contribution in [0.15, 0.2) is 47.4 Å². The fourth-order valence-corrected chi connectivity index (χ4v) is 3.68. The van der Waals surface area contributed by atoms with Gasteiger partial charge in [-0.25, -0.2) is 13.1 Å².